The summed E-state index contributed by atoms with van der Waals surface area (Å²) in [5.41, 5.74) is 0.632. The van der Waals surface area contributed by atoms with Gasteiger partial charge in [0.1, 0.15) is 6.04 Å². The Kier molecular flexibility index (Phi) is 4.53. The molecule has 0 spiro atoms. The molecule has 9 heteroatoms. The van der Waals surface area contributed by atoms with E-state index in [0.717, 1.165) is 6.42 Å². The average molecular weight is 387 g/mol. The first-order chi connectivity index (χ1) is 13.0. The third-order valence-corrected chi connectivity index (χ3v) is 5.83. The zero-order chi connectivity index (χ0) is 18.9. The van der Waals surface area contributed by atoms with E-state index in [4.69, 9.17) is 8.83 Å². The van der Waals surface area contributed by atoms with Crippen LogP contribution < -0.4 is 0 Å². The molecule has 0 radical (unpaired) electrons. The lowest BCUT2D eigenvalue weighted by Gasteiger charge is -2.20. The van der Waals surface area contributed by atoms with Crippen molar-refractivity contribution in [1.82, 2.24) is 15.1 Å². The smallest absolute Gasteiger partial charge is 0.335 e. The Morgan fingerprint density at radius 3 is 2.70 bits per heavy atom. The lowest BCUT2D eigenvalue weighted by Crippen LogP contribution is -2.30. The molecule has 1 saturated heterocycles. The number of nitrogens with zero attached hydrogens (tertiary/aromatic N) is 3. The van der Waals surface area contributed by atoms with Crippen LogP contribution in [0.4, 0.5) is 0 Å². The molecule has 3 heterocycles. The van der Waals surface area contributed by atoms with E-state index in [9.17, 15) is 13.2 Å². The van der Waals surface area contributed by atoms with Gasteiger partial charge in [-0.1, -0.05) is 35.4 Å². The van der Waals surface area contributed by atoms with Crippen molar-refractivity contribution in [1.29, 1.82) is 0 Å². The summed E-state index contributed by atoms with van der Waals surface area (Å²) < 4.78 is 35.7. The van der Waals surface area contributed by atoms with Gasteiger partial charge in [0.15, 0.2) is 5.76 Å². The molecule has 0 N–H and O–H groups in total. The summed E-state index contributed by atoms with van der Waals surface area (Å²) in [6, 6.07) is 11.5. The molecule has 1 aliphatic heterocycles. The predicted molar refractivity (Wildman–Crippen MR) is 93.3 cm³/mol. The number of likely N-dealkylation sites (tertiary alicyclic amines) is 1. The molecule has 4 rings (SSSR count). The maximum absolute atomic E-state index is 12.6. The van der Waals surface area contributed by atoms with Crippen LogP contribution in [0.2, 0.25) is 0 Å². The van der Waals surface area contributed by atoms with Gasteiger partial charge in [0, 0.05) is 6.54 Å². The number of amides is 1. The number of hydrogen-bond donors (Lipinski definition) is 0. The van der Waals surface area contributed by atoms with Crippen LogP contribution in [0.1, 0.15) is 40.9 Å². The minimum atomic E-state index is -3.77. The summed E-state index contributed by atoms with van der Waals surface area (Å²) in [5.74, 6) is -0.165. The highest BCUT2D eigenvalue weighted by Crippen LogP contribution is 2.33. The third kappa shape index (κ3) is 3.50. The lowest BCUT2D eigenvalue weighted by atomic mass is 10.2. The second kappa shape index (κ2) is 6.99. The van der Waals surface area contributed by atoms with E-state index >= 15 is 0 Å². The van der Waals surface area contributed by atoms with E-state index in [1.165, 1.54) is 6.26 Å². The normalized spacial score (nSPS) is 17.3. The summed E-state index contributed by atoms with van der Waals surface area (Å²) in [4.78, 5) is 14.1. The fourth-order valence-corrected chi connectivity index (χ4v) is 4.28. The number of benzene rings is 1. The third-order valence-electron chi connectivity index (χ3n) is 4.42. The Labute approximate surface area is 155 Å². The molecule has 0 aliphatic carbocycles. The molecule has 0 bridgehead atoms. The zero-order valence-corrected chi connectivity index (χ0v) is 15.1. The highest BCUT2D eigenvalue weighted by molar-refractivity contribution is 7.90. The van der Waals surface area contributed by atoms with Crippen LogP contribution in [0.15, 0.2) is 62.8 Å². The molecule has 8 nitrogen and oxygen atoms in total. The first kappa shape index (κ1) is 17.5. The van der Waals surface area contributed by atoms with E-state index in [1.54, 1.807) is 41.3 Å². The molecule has 1 atom stereocenters. The predicted octanol–water partition coefficient (Wildman–Crippen LogP) is 2.61. The summed E-state index contributed by atoms with van der Waals surface area (Å²) in [5, 5.41) is 7.19. The fraction of sp³-hybridized carbons (Fsp3) is 0.278. The molecule has 1 fully saturated rings. The van der Waals surface area contributed by atoms with Gasteiger partial charge in [0.25, 0.3) is 5.91 Å². The van der Waals surface area contributed by atoms with E-state index < -0.39 is 21.1 Å². The highest BCUT2D eigenvalue weighted by atomic mass is 32.2. The second-order valence-corrected chi connectivity index (χ2v) is 8.15. The van der Waals surface area contributed by atoms with Crippen LogP contribution in [-0.2, 0) is 15.6 Å². The Morgan fingerprint density at radius 1 is 1.15 bits per heavy atom. The van der Waals surface area contributed by atoms with Gasteiger partial charge in [0.05, 0.1) is 12.0 Å². The number of carbonyl (C=O) groups excluding carboxylic acids is 1. The van der Waals surface area contributed by atoms with Crippen molar-refractivity contribution in [3.63, 3.8) is 0 Å². The van der Waals surface area contributed by atoms with E-state index in [2.05, 4.69) is 10.2 Å². The van der Waals surface area contributed by atoms with Crippen molar-refractivity contribution in [2.24, 2.45) is 0 Å². The Balaban J connectivity index is 1.55. The minimum absolute atomic E-state index is 0.124. The van der Waals surface area contributed by atoms with Crippen molar-refractivity contribution in [2.45, 2.75) is 29.9 Å². The first-order valence-corrected chi connectivity index (χ1v) is 10.1. The Morgan fingerprint density at radius 2 is 1.96 bits per heavy atom. The molecule has 27 heavy (non-hydrogen) atoms. The topological polar surface area (TPSA) is 107 Å². The van der Waals surface area contributed by atoms with E-state index in [0.29, 0.717) is 18.5 Å². The van der Waals surface area contributed by atoms with Gasteiger partial charge in [-0.25, -0.2) is 8.42 Å². The number of sulfone groups is 1. The molecule has 1 amide bonds. The molecule has 3 aromatic rings. The zero-order valence-electron chi connectivity index (χ0n) is 14.3. The highest BCUT2D eigenvalue weighted by Gasteiger charge is 2.36. The molecular weight excluding hydrogens is 370 g/mol. The van der Waals surface area contributed by atoms with Crippen LogP contribution >= 0.6 is 0 Å². The quantitative estimate of drug-likeness (QED) is 0.662. The van der Waals surface area contributed by atoms with Gasteiger partial charge in [-0.3, -0.25) is 4.79 Å². The summed E-state index contributed by atoms with van der Waals surface area (Å²) >= 11 is 0. The van der Waals surface area contributed by atoms with Crippen molar-refractivity contribution >= 4 is 15.7 Å². The Bertz CT molecular complexity index is 1030. The average Bonchev–Trinajstić information content (AvgIpc) is 3.42. The number of hydrogen-bond acceptors (Lipinski definition) is 7. The van der Waals surface area contributed by atoms with Crippen molar-refractivity contribution in [2.75, 3.05) is 6.54 Å². The lowest BCUT2D eigenvalue weighted by molar-refractivity contribution is 0.0680. The SMILES string of the molecule is O=C(c1ccco1)N1CCC[C@H]1c1nnc(S(=O)(=O)Cc2ccccc2)o1. The maximum Gasteiger partial charge on any atom is 0.335 e. The van der Waals surface area contributed by atoms with Gasteiger partial charge in [-0.05, 0) is 30.5 Å². The first-order valence-electron chi connectivity index (χ1n) is 8.49. The molecule has 140 valence electrons. The van der Waals surface area contributed by atoms with Crippen LogP contribution in [0.25, 0.3) is 0 Å². The molecule has 1 aliphatic rings. The standard InChI is InChI=1S/C18H17N3O5S/c22-17(15-9-5-11-25-15)21-10-4-8-14(21)16-19-20-18(26-16)27(23,24)12-13-6-2-1-3-7-13/h1-3,5-7,9,11,14H,4,8,10,12H2/t14-/m0/s1. The number of carbonyl (C=O) groups is 1. The molecule has 2 aromatic heterocycles. The number of furan rings is 1. The largest absolute Gasteiger partial charge is 0.459 e. The van der Waals surface area contributed by atoms with Gasteiger partial charge >= 0.3 is 5.22 Å². The minimum Gasteiger partial charge on any atom is -0.459 e. The molecule has 0 saturated carbocycles. The van der Waals surface area contributed by atoms with Crippen molar-refractivity contribution in [3.8, 4) is 0 Å². The summed E-state index contributed by atoms with van der Waals surface area (Å²) in [7, 11) is -3.77. The van der Waals surface area contributed by atoms with Crippen molar-refractivity contribution in [3.05, 3.63) is 65.9 Å². The van der Waals surface area contributed by atoms with Gasteiger partial charge in [-0.2, -0.15) is 0 Å². The molecule has 1 aromatic carbocycles. The fourth-order valence-electron chi connectivity index (χ4n) is 3.14. The maximum atomic E-state index is 12.6. The number of aromatic nitrogens is 2. The number of rotatable bonds is 5. The van der Waals surface area contributed by atoms with Crippen molar-refractivity contribution < 1.29 is 22.0 Å². The summed E-state index contributed by atoms with van der Waals surface area (Å²) in [6.07, 6.45) is 2.80. The van der Waals surface area contributed by atoms with Crippen LogP contribution in [0, 0.1) is 0 Å². The van der Waals surface area contributed by atoms with Crippen LogP contribution in [-0.4, -0.2) is 36.0 Å². The second-order valence-electron chi connectivity index (χ2n) is 6.28. The molecular formula is C18H17N3O5S. The van der Waals surface area contributed by atoms with E-state index in [1.807, 2.05) is 6.07 Å². The van der Waals surface area contributed by atoms with Gasteiger partial charge in [0.2, 0.25) is 15.7 Å². The molecule has 0 unspecified atom stereocenters. The Hall–Kier alpha value is -2.94. The summed E-state index contributed by atoms with van der Waals surface area (Å²) in [6.45, 7) is 0.513. The van der Waals surface area contributed by atoms with Gasteiger partial charge in [-0.15, -0.1) is 5.10 Å². The van der Waals surface area contributed by atoms with Crippen LogP contribution in [0.3, 0.4) is 0 Å². The van der Waals surface area contributed by atoms with E-state index in [-0.39, 0.29) is 23.3 Å². The monoisotopic (exact) mass is 387 g/mol. The van der Waals surface area contributed by atoms with Crippen LogP contribution in [0.5, 0.6) is 0 Å². The van der Waals surface area contributed by atoms with Gasteiger partial charge < -0.3 is 13.7 Å².